The fraction of sp³-hybridized carbons (Fsp3) is 0.250. The van der Waals surface area contributed by atoms with E-state index in [2.05, 4.69) is 22.1 Å². The first-order chi connectivity index (χ1) is 15.8. The van der Waals surface area contributed by atoms with Crippen LogP contribution in [0, 0.1) is 6.92 Å². The van der Waals surface area contributed by atoms with Crippen molar-refractivity contribution in [2.75, 3.05) is 11.1 Å². The number of ketones is 1. The molecule has 0 fully saturated rings. The van der Waals surface area contributed by atoms with Gasteiger partial charge in [-0.25, -0.2) is 0 Å². The molecule has 0 aliphatic rings. The van der Waals surface area contributed by atoms with Crippen LogP contribution in [0.4, 0.5) is 5.69 Å². The Hall–Kier alpha value is -3.10. The van der Waals surface area contributed by atoms with Crippen molar-refractivity contribution in [2.45, 2.75) is 38.6 Å². The summed E-state index contributed by atoms with van der Waals surface area (Å²) >= 11 is 7.37. The first-order valence-electron chi connectivity index (χ1n) is 10.3. The molecule has 0 bridgehead atoms. The monoisotopic (exact) mass is 484 g/mol. The molecule has 0 saturated heterocycles. The highest BCUT2D eigenvalue weighted by atomic mass is 35.5. The number of amides is 1. The molecule has 0 radical (unpaired) electrons. The molecule has 1 atom stereocenters. The number of aromatic nitrogens is 3. The smallest absolute Gasteiger partial charge is 0.234 e. The van der Waals surface area contributed by atoms with Gasteiger partial charge in [-0.3, -0.25) is 14.2 Å². The van der Waals surface area contributed by atoms with Gasteiger partial charge in [0, 0.05) is 22.8 Å². The lowest BCUT2D eigenvalue weighted by molar-refractivity contribution is -0.113. The van der Waals surface area contributed by atoms with Gasteiger partial charge in [-0.1, -0.05) is 29.4 Å². The summed E-state index contributed by atoms with van der Waals surface area (Å²) < 4.78 is 7.91. The molecule has 7 nitrogen and oxygen atoms in total. The molecule has 1 unspecified atom stereocenters. The zero-order valence-corrected chi connectivity index (χ0v) is 20.2. The quantitative estimate of drug-likeness (QED) is 0.232. The summed E-state index contributed by atoms with van der Waals surface area (Å²) in [5.41, 5.74) is 2.14. The number of allylic oxidation sites excluding steroid dienone is 1. The second kappa shape index (κ2) is 11.2. The summed E-state index contributed by atoms with van der Waals surface area (Å²) in [5, 5.41) is 12.6. The van der Waals surface area contributed by atoms with Gasteiger partial charge in [-0.2, -0.15) is 0 Å². The number of ether oxygens (including phenoxy) is 1. The molecule has 3 aromatic rings. The van der Waals surface area contributed by atoms with Crippen LogP contribution in [0.2, 0.25) is 5.02 Å². The van der Waals surface area contributed by atoms with Gasteiger partial charge in [0.05, 0.1) is 5.75 Å². The van der Waals surface area contributed by atoms with Gasteiger partial charge in [0.25, 0.3) is 0 Å². The van der Waals surface area contributed by atoms with E-state index >= 15 is 0 Å². The predicted octanol–water partition coefficient (Wildman–Crippen LogP) is 5.50. The highest BCUT2D eigenvalue weighted by molar-refractivity contribution is 7.99. The van der Waals surface area contributed by atoms with Gasteiger partial charge in [-0.15, -0.1) is 16.8 Å². The molecule has 0 spiro atoms. The maximum atomic E-state index is 12.4. The molecule has 1 aromatic heterocycles. The Morgan fingerprint density at radius 2 is 1.97 bits per heavy atom. The minimum absolute atomic E-state index is 0.0230. The van der Waals surface area contributed by atoms with E-state index in [9.17, 15) is 9.59 Å². The Bertz CT molecular complexity index is 1160. The van der Waals surface area contributed by atoms with Crippen molar-refractivity contribution in [3.8, 4) is 5.75 Å². The minimum atomic E-state index is -0.374. The van der Waals surface area contributed by atoms with Crippen molar-refractivity contribution in [2.24, 2.45) is 0 Å². The number of thioether (sulfide) groups is 1. The summed E-state index contributed by atoms with van der Waals surface area (Å²) in [7, 11) is 0. The number of carbonyl (C=O) groups excluding carboxylic acids is 2. The average Bonchev–Trinajstić information content (AvgIpc) is 3.18. The number of hydrogen-bond donors (Lipinski definition) is 1. The van der Waals surface area contributed by atoms with E-state index in [0.717, 1.165) is 5.56 Å². The number of hydrogen-bond acceptors (Lipinski definition) is 6. The Kier molecular flexibility index (Phi) is 8.30. The molecule has 3 rings (SSSR count). The van der Waals surface area contributed by atoms with Gasteiger partial charge < -0.3 is 10.1 Å². The fourth-order valence-corrected chi connectivity index (χ4v) is 3.94. The minimum Gasteiger partial charge on any atom is -0.483 e. The summed E-state index contributed by atoms with van der Waals surface area (Å²) in [5.74, 6) is 1.25. The van der Waals surface area contributed by atoms with E-state index in [1.807, 2.05) is 30.5 Å². The predicted molar refractivity (Wildman–Crippen MR) is 131 cm³/mol. The van der Waals surface area contributed by atoms with Crippen LogP contribution in [-0.4, -0.2) is 32.2 Å². The Balaban J connectivity index is 1.65. The number of halogens is 1. The first kappa shape index (κ1) is 24.5. The van der Waals surface area contributed by atoms with Crippen LogP contribution < -0.4 is 10.1 Å². The molecule has 0 aliphatic heterocycles. The molecule has 1 heterocycles. The number of aryl methyl sites for hydroxylation is 1. The zero-order valence-electron chi connectivity index (χ0n) is 18.7. The average molecular weight is 485 g/mol. The lowest BCUT2D eigenvalue weighted by Crippen LogP contribution is -2.15. The van der Waals surface area contributed by atoms with Gasteiger partial charge in [0.15, 0.2) is 22.9 Å². The summed E-state index contributed by atoms with van der Waals surface area (Å²) in [6, 6.07) is 12.2. The Labute approximate surface area is 202 Å². The number of benzene rings is 2. The van der Waals surface area contributed by atoms with Gasteiger partial charge in [0.1, 0.15) is 5.75 Å². The van der Waals surface area contributed by atoms with Crippen molar-refractivity contribution in [1.82, 2.24) is 14.8 Å². The van der Waals surface area contributed by atoms with Gasteiger partial charge in [-0.05, 0) is 68.8 Å². The van der Waals surface area contributed by atoms with Crippen LogP contribution in [0.15, 0.2) is 60.3 Å². The fourth-order valence-electron chi connectivity index (χ4n) is 3.07. The number of Topliss-reactive ketones (excluding diaryl/α,β-unsaturated/α-hetero) is 1. The number of nitrogens with zero attached hydrogens (tertiary/aromatic N) is 3. The molecular weight excluding hydrogens is 460 g/mol. The number of carbonyl (C=O) groups is 2. The SMILES string of the molecule is C=CCn1c(SCC(=O)Nc2ccc(C(C)=O)cc2)nnc1C(C)Oc1ccc(Cl)c(C)c1. The van der Waals surface area contributed by atoms with E-state index in [1.54, 1.807) is 36.4 Å². The molecule has 2 aromatic carbocycles. The van der Waals surface area contributed by atoms with Crippen LogP contribution in [-0.2, 0) is 11.3 Å². The zero-order chi connectivity index (χ0) is 24.0. The molecule has 1 amide bonds. The van der Waals surface area contributed by atoms with Crippen LogP contribution in [0.3, 0.4) is 0 Å². The molecule has 1 N–H and O–H groups in total. The summed E-state index contributed by atoms with van der Waals surface area (Å²) in [6.45, 7) is 9.59. The lowest BCUT2D eigenvalue weighted by Gasteiger charge is -2.16. The second-order valence-corrected chi connectivity index (χ2v) is 8.73. The first-order valence-corrected chi connectivity index (χ1v) is 11.6. The van der Waals surface area contributed by atoms with E-state index < -0.39 is 0 Å². The van der Waals surface area contributed by atoms with Crippen molar-refractivity contribution in [3.05, 3.63) is 77.1 Å². The van der Waals surface area contributed by atoms with E-state index in [4.69, 9.17) is 16.3 Å². The topological polar surface area (TPSA) is 86.1 Å². The summed E-state index contributed by atoms with van der Waals surface area (Å²) in [4.78, 5) is 23.8. The largest absolute Gasteiger partial charge is 0.483 e. The maximum Gasteiger partial charge on any atom is 0.234 e. The molecule has 33 heavy (non-hydrogen) atoms. The van der Waals surface area contributed by atoms with E-state index in [1.165, 1.54) is 18.7 Å². The van der Waals surface area contributed by atoms with E-state index in [0.29, 0.717) is 39.5 Å². The molecule has 0 aliphatic carbocycles. The second-order valence-electron chi connectivity index (χ2n) is 7.38. The molecule has 9 heteroatoms. The molecular formula is C24H25ClN4O3S. The highest BCUT2D eigenvalue weighted by Gasteiger charge is 2.20. The van der Waals surface area contributed by atoms with Crippen molar-refractivity contribution in [1.29, 1.82) is 0 Å². The highest BCUT2D eigenvalue weighted by Crippen LogP contribution is 2.27. The van der Waals surface area contributed by atoms with Crippen LogP contribution in [0.1, 0.15) is 41.7 Å². The standard InChI is InChI=1S/C24H25ClN4O3S/c1-5-12-29-23(17(4)32-20-10-11-21(25)15(2)13-20)27-28-24(29)33-14-22(31)26-19-8-6-18(7-9-19)16(3)30/h5-11,13,17H,1,12,14H2,2-4H3,(H,26,31). The third-order valence-electron chi connectivity index (χ3n) is 4.77. The van der Waals surface area contributed by atoms with Crippen molar-refractivity contribution in [3.63, 3.8) is 0 Å². The number of nitrogens with one attached hydrogen (secondary N) is 1. The Morgan fingerprint density at radius 3 is 2.61 bits per heavy atom. The normalized spacial score (nSPS) is 11.6. The van der Waals surface area contributed by atoms with Crippen LogP contribution in [0.25, 0.3) is 0 Å². The lowest BCUT2D eigenvalue weighted by atomic mass is 10.1. The maximum absolute atomic E-state index is 12.4. The van der Waals surface area contributed by atoms with Gasteiger partial charge >= 0.3 is 0 Å². The summed E-state index contributed by atoms with van der Waals surface area (Å²) in [6.07, 6.45) is 1.37. The molecule has 0 saturated carbocycles. The third kappa shape index (κ3) is 6.46. The van der Waals surface area contributed by atoms with E-state index in [-0.39, 0.29) is 23.5 Å². The Morgan fingerprint density at radius 1 is 1.24 bits per heavy atom. The van der Waals surface area contributed by atoms with Gasteiger partial charge in [0.2, 0.25) is 5.91 Å². The molecule has 172 valence electrons. The van der Waals surface area contributed by atoms with Crippen LogP contribution in [0.5, 0.6) is 5.75 Å². The van der Waals surface area contributed by atoms with Crippen LogP contribution >= 0.6 is 23.4 Å². The third-order valence-corrected chi connectivity index (χ3v) is 6.16. The number of rotatable bonds is 10. The van der Waals surface area contributed by atoms with Crippen molar-refractivity contribution < 1.29 is 14.3 Å². The number of anilines is 1. The van der Waals surface area contributed by atoms with Crippen molar-refractivity contribution >= 4 is 40.7 Å².